The SMILES string of the molecule is COC1CCCC1C1COCCN1Cc1ccc(C(=O)O)cc1Br. The molecule has 0 bridgehead atoms. The van der Waals surface area contributed by atoms with Gasteiger partial charge in [-0.3, -0.25) is 4.90 Å². The summed E-state index contributed by atoms with van der Waals surface area (Å²) >= 11 is 3.53. The lowest BCUT2D eigenvalue weighted by Gasteiger charge is -2.40. The smallest absolute Gasteiger partial charge is 0.335 e. The van der Waals surface area contributed by atoms with Crippen molar-refractivity contribution in [3.8, 4) is 0 Å². The Hall–Kier alpha value is -0.950. The first-order valence-corrected chi connectivity index (χ1v) is 9.25. The Morgan fingerprint density at radius 3 is 3.00 bits per heavy atom. The number of morpholine rings is 1. The van der Waals surface area contributed by atoms with E-state index < -0.39 is 5.97 Å². The van der Waals surface area contributed by atoms with Crippen LogP contribution in [-0.4, -0.2) is 55.0 Å². The van der Waals surface area contributed by atoms with Gasteiger partial charge in [-0.15, -0.1) is 0 Å². The lowest BCUT2D eigenvalue weighted by Crippen LogP contribution is -2.50. The fraction of sp³-hybridized carbons (Fsp3) is 0.611. The van der Waals surface area contributed by atoms with Crippen LogP contribution in [0.1, 0.15) is 35.2 Å². The Labute approximate surface area is 151 Å². The highest BCUT2D eigenvalue weighted by Crippen LogP contribution is 2.35. The Bertz CT molecular complexity index is 594. The largest absolute Gasteiger partial charge is 0.478 e. The molecule has 3 rings (SSSR count). The first-order valence-electron chi connectivity index (χ1n) is 8.46. The van der Waals surface area contributed by atoms with Gasteiger partial charge in [0.15, 0.2) is 0 Å². The van der Waals surface area contributed by atoms with Gasteiger partial charge in [0.2, 0.25) is 0 Å². The fourth-order valence-electron chi connectivity index (χ4n) is 3.96. The number of carboxylic acids is 1. The first kappa shape index (κ1) is 17.9. The van der Waals surface area contributed by atoms with Crippen LogP contribution in [0.2, 0.25) is 0 Å². The molecular formula is C18H24BrNO4. The highest BCUT2D eigenvalue weighted by Gasteiger charge is 2.38. The molecule has 1 heterocycles. The molecule has 2 fully saturated rings. The minimum atomic E-state index is -0.902. The summed E-state index contributed by atoms with van der Waals surface area (Å²) in [4.78, 5) is 13.6. The van der Waals surface area contributed by atoms with Crippen molar-refractivity contribution in [2.75, 3.05) is 26.9 Å². The number of carboxylic acid groups (broad SMARTS) is 1. The van der Waals surface area contributed by atoms with Gasteiger partial charge in [-0.05, 0) is 30.5 Å². The zero-order chi connectivity index (χ0) is 17.1. The number of methoxy groups -OCH3 is 1. The molecule has 6 heteroatoms. The van der Waals surface area contributed by atoms with Crippen LogP contribution in [0.5, 0.6) is 0 Å². The number of nitrogens with zero attached hydrogens (tertiary/aromatic N) is 1. The monoisotopic (exact) mass is 397 g/mol. The summed E-state index contributed by atoms with van der Waals surface area (Å²) in [7, 11) is 1.80. The average Bonchev–Trinajstić information content (AvgIpc) is 3.05. The molecule has 1 saturated heterocycles. The number of ether oxygens (including phenoxy) is 2. The summed E-state index contributed by atoms with van der Waals surface area (Å²) in [6.07, 6.45) is 3.84. The predicted molar refractivity (Wildman–Crippen MR) is 94.3 cm³/mol. The molecule has 1 aromatic carbocycles. The first-order chi connectivity index (χ1) is 11.6. The van der Waals surface area contributed by atoms with E-state index in [1.807, 2.05) is 6.07 Å². The summed E-state index contributed by atoms with van der Waals surface area (Å²) in [5.41, 5.74) is 1.42. The molecule has 0 aromatic heterocycles. The summed E-state index contributed by atoms with van der Waals surface area (Å²) in [5.74, 6) is -0.396. The highest BCUT2D eigenvalue weighted by molar-refractivity contribution is 9.10. The van der Waals surface area contributed by atoms with Gasteiger partial charge >= 0.3 is 5.97 Å². The molecule has 0 radical (unpaired) electrons. The van der Waals surface area contributed by atoms with E-state index in [0.29, 0.717) is 23.6 Å². The number of benzene rings is 1. The normalized spacial score (nSPS) is 28.2. The summed E-state index contributed by atoms with van der Waals surface area (Å²) in [6.45, 7) is 3.17. The second kappa shape index (κ2) is 7.95. The molecule has 3 unspecified atom stereocenters. The van der Waals surface area contributed by atoms with E-state index in [1.54, 1.807) is 19.2 Å². The quantitative estimate of drug-likeness (QED) is 0.826. The van der Waals surface area contributed by atoms with Crippen molar-refractivity contribution in [2.45, 2.75) is 38.0 Å². The molecule has 1 aliphatic carbocycles. The number of carbonyl (C=O) groups is 1. The molecule has 3 atom stereocenters. The number of aromatic carboxylic acids is 1. The van der Waals surface area contributed by atoms with Gasteiger partial charge < -0.3 is 14.6 Å². The zero-order valence-corrected chi connectivity index (χ0v) is 15.5. The number of hydrogen-bond donors (Lipinski definition) is 1. The highest BCUT2D eigenvalue weighted by atomic mass is 79.9. The Morgan fingerprint density at radius 1 is 1.46 bits per heavy atom. The molecule has 1 aliphatic heterocycles. The Kier molecular flexibility index (Phi) is 5.92. The van der Waals surface area contributed by atoms with Crippen LogP contribution in [0.3, 0.4) is 0 Å². The van der Waals surface area contributed by atoms with Gasteiger partial charge in [0.1, 0.15) is 0 Å². The van der Waals surface area contributed by atoms with Gasteiger partial charge in [-0.1, -0.05) is 28.4 Å². The average molecular weight is 398 g/mol. The Balaban J connectivity index is 1.75. The molecule has 132 valence electrons. The van der Waals surface area contributed by atoms with Crippen molar-refractivity contribution in [3.63, 3.8) is 0 Å². The van der Waals surface area contributed by atoms with Gasteiger partial charge in [0.05, 0.1) is 24.9 Å². The van der Waals surface area contributed by atoms with Crippen molar-refractivity contribution in [1.29, 1.82) is 0 Å². The van der Waals surface area contributed by atoms with Crippen molar-refractivity contribution >= 4 is 21.9 Å². The maximum absolute atomic E-state index is 11.1. The molecule has 1 saturated carbocycles. The molecule has 0 spiro atoms. The van der Waals surface area contributed by atoms with Gasteiger partial charge in [-0.2, -0.15) is 0 Å². The second-order valence-corrected chi connectivity index (χ2v) is 7.45. The van der Waals surface area contributed by atoms with Crippen LogP contribution in [0.25, 0.3) is 0 Å². The van der Waals surface area contributed by atoms with E-state index in [-0.39, 0.29) is 0 Å². The number of rotatable bonds is 5. The molecule has 2 aliphatic rings. The maximum Gasteiger partial charge on any atom is 0.335 e. The molecule has 1 N–H and O–H groups in total. The minimum Gasteiger partial charge on any atom is -0.478 e. The van der Waals surface area contributed by atoms with Crippen LogP contribution in [-0.2, 0) is 16.0 Å². The zero-order valence-electron chi connectivity index (χ0n) is 13.9. The summed E-state index contributed by atoms with van der Waals surface area (Å²) in [6, 6.07) is 5.62. The standard InChI is InChI=1S/C18H24BrNO4/c1-23-17-4-2-3-14(17)16-11-24-8-7-20(16)10-13-6-5-12(18(21)22)9-15(13)19/h5-6,9,14,16-17H,2-4,7-8,10-11H2,1H3,(H,21,22). The van der Waals surface area contributed by atoms with Crippen molar-refractivity contribution in [3.05, 3.63) is 33.8 Å². The second-order valence-electron chi connectivity index (χ2n) is 6.59. The Morgan fingerprint density at radius 2 is 2.29 bits per heavy atom. The lowest BCUT2D eigenvalue weighted by atomic mass is 9.93. The summed E-state index contributed by atoms with van der Waals surface area (Å²) < 4.78 is 12.3. The van der Waals surface area contributed by atoms with E-state index in [9.17, 15) is 4.79 Å². The van der Waals surface area contributed by atoms with Gasteiger partial charge in [0.25, 0.3) is 0 Å². The molecule has 0 amide bonds. The third kappa shape index (κ3) is 3.82. The lowest BCUT2D eigenvalue weighted by molar-refractivity contribution is -0.0608. The van der Waals surface area contributed by atoms with Crippen LogP contribution in [0.4, 0.5) is 0 Å². The molecule has 5 nitrogen and oxygen atoms in total. The van der Waals surface area contributed by atoms with Crippen molar-refractivity contribution in [1.82, 2.24) is 4.90 Å². The molecule has 1 aromatic rings. The number of halogens is 1. The van der Waals surface area contributed by atoms with Gasteiger partial charge in [0, 0.05) is 36.6 Å². The maximum atomic E-state index is 11.1. The van der Waals surface area contributed by atoms with Crippen LogP contribution >= 0.6 is 15.9 Å². The third-order valence-electron chi connectivity index (χ3n) is 5.25. The van der Waals surface area contributed by atoms with E-state index >= 15 is 0 Å². The minimum absolute atomic E-state index is 0.305. The van der Waals surface area contributed by atoms with Crippen LogP contribution in [0.15, 0.2) is 22.7 Å². The van der Waals surface area contributed by atoms with Crippen molar-refractivity contribution in [2.24, 2.45) is 5.92 Å². The molecule has 24 heavy (non-hydrogen) atoms. The van der Waals surface area contributed by atoms with Crippen molar-refractivity contribution < 1.29 is 19.4 Å². The predicted octanol–water partition coefficient (Wildman–Crippen LogP) is 3.16. The molecular weight excluding hydrogens is 374 g/mol. The van der Waals surface area contributed by atoms with Gasteiger partial charge in [-0.25, -0.2) is 4.79 Å². The van der Waals surface area contributed by atoms with E-state index in [1.165, 1.54) is 12.8 Å². The fourth-order valence-corrected chi connectivity index (χ4v) is 4.47. The number of hydrogen-bond acceptors (Lipinski definition) is 4. The topological polar surface area (TPSA) is 59.0 Å². The third-order valence-corrected chi connectivity index (χ3v) is 5.99. The van der Waals surface area contributed by atoms with E-state index in [4.69, 9.17) is 14.6 Å². The van der Waals surface area contributed by atoms with Crippen LogP contribution in [0, 0.1) is 5.92 Å². The van der Waals surface area contributed by atoms with E-state index in [0.717, 1.165) is 42.8 Å². The van der Waals surface area contributed by atoms with E-state index in [2.05, 4.69) is 20.8 Å². The summed E-state index contributed by atoms with van der Waals surface area (Å²) in [5, 5.41) is 9.10. The van der Waals surface area contributed by atoms with Crippen LogP contribution < -0.4 is 0 Å².